The van der Waals surface area contributed by atoms with Crippen LogP contribution in [0.1, 0.15) is 103 Å². The number of phenolic OH excluding ortho intramolecular Hbond substituents is 2. The maximum atomic E-state index is 13.9. The average molecular weight is 695 g/mol. The Balaban J connectivity index is 1.32. The number of benzene rings is 2. The minimum Gasteiger partial charge on any atom is -0.507 e. The zero-order chi connectivity index (χ0) is 36.4. The Labute approximate surface area is 290 Å². The fourth-order valence-corrected chi connectivity index (χ4v) is 7.83. The number of carbonyl (C=O) groups is 4. The van der Waals surface area contributed by atoms with Crippen LogP contribution in [0.4, 0.5) is 0 Å². The summed E-state index contributed by atoms with van der Waals surface area (Å²) in [5.41, 5.74) is -3.21. The number of rotatable bonds is 6. The minimum absolute atomic E-state index is 0.0180. The van der Waals surface area contributed by atoms with Crippen molar-refractivity contribution >= 4 is 23.3 Å². The van der Waals surface area contributed by atoms with Crippen molar-refractivity contribution in [1.82, 2.24) is 9.80 Å². The number of nitrogens with zero attached hydrogens (tertiary/aromatic N) is 2. The number of fused-ring (bicyclic) bond motifs is 3. The molecule has 2 unspecified atom stereocenters. The fourth-order valence-electron chi connectivity index (χ4n) is 7.83. The van der Waals surface area contributed by atoms with E-state index in [0.717, 1.165) is 0 Å². The Morgan fingerprint density at radius 2 is 1.68 bits per heavy atom. The molecular formula is C37H46N2O11. The number of aliphatic hydroxyl groups is 2. The standard InChI is InChI=1S/C37H46N2O11/c1-18-31(42)22(38-10-12-39(13-11-38)25(41)17-36(3,4)5)14-26(49-18)50-24-16-37(47,19(2)40)15-21-28(24)35(46)30-29(33(21)44)32(43)20-8-7-9-23(48-6)27(20)34(30)45/h7-9,18,22,24,26,31,42,44,46-47H,10-17H2,1-6H3/t18-,22?,24-,26-,31?,37-/m0/s1. The average Bonchev–Trinajstić information content (AvgIpc) is 3.05. The van der Waals surface area contributed by atoms with E-state index in [1.54, 1.807) is 6.92 Å². The first-order valence-electron chi connectivity index (χ1n) is 17.1. The van der Waals surface area contributed by atoms with E-state index < -0.39 is 82.6 Å². The van der Waals surface area contributed by atoms with Gasteiger partial charge in [-0.1, -0.05) is 32.9 Å². The minimum atomic E-state index is -2.03. The smallest absolute Gasteiger partial charge is 0.223 e. The third-order valence-corrected chi connectivity index (χ3v) is 10.5. The number of amides is 1. The van der Waals surface area contributed by atoms with E-state index in [1.165, 1.54) is 32.2 Å². The number of phenols is 2. The van der Waals surface area contributed by atoms with Crippen molar-refractivity contribution in [1.29, 1.82) is 0 Å². The number of aromatic hydroxyl groups is 2. The van der Waals surface area contributed by atoms with Gasteiger partial charge < -0.3 is 39.5 Å². The lowest BCUT2D eigenvalue weighted by Crippen LogP contribution is -2.60. The van der Waals surface area contributed by atoms with Crippen molar-refractivity contribution < 1.29 is 53.8 Å². The monoisotopic (exact) mass is 694 g/mol. The van der Waals surface area contributed by atoms with Crippen LogP contribution in [0.25, 0.3) is 0 Å². The largest absolute Gasteiger partial charge is 0.507 e. The summed E-state index contributed by atoms with van der Waals surface area (Å²) in [6.07, 6.45) is -4.00. The van der Waals surface area contributed by atoms with E-state index in [0.29, 0.717) is 32.6 Å². The van der Waals surface area contributed by atoms with Crippen molar-refractivity contribution in [3.05, 3.63) is 51.6 Å². The normalized spacial score (nSPS) is 28.5. The zero-order valence-electron chi connectivity index (χ0n) is 29.3. The molecule has 2 fully saturated rings. The number of piperazine rings is 1. The van der Waals surface area contributed by atoms with Gasteiger partial charge in [0.05, 0.1) is 42.1 Å². The molecule has 0 aromatic heterocycles. The molecule has 0 bridgehead atoms. The first kappa shape index (κ1) is 35.9. The molecule has 2 heterocycles. The number of ether oxygens (including phenoxy) is 3. The number of hydrogen-bond donors (Lipinski definition) is 4. The maximum absolute atomic E-state index is 13.9. The van der Waals surface area contributed by atoms with Crippen LogP contribution in [0.2, 0.25) is 0 Å². The summed E-state index contributed by atoms with van der Waals surface area (Å²) >= 11 is 0. The second-order valence-corrected chi connectivity index (χ2v) is 15.2. The molecule has 2 aromatic carbocycles. The van der Waals surface area contributed by atoms with Gasteiger partial charge in [0.1, 0.15) is 22.8 Å². The van der Waals surface area contributed by atoms with Gasteiger partial charge in [0.2, 0.25) is 11.7 Å². The highest BCUT2D eigenvalue weighted by Crippen LogP contribution is 2.52. The van der Waals surface area contributed by atoms with Crippen molar-refractivity contribution in [2.45, 2.75) is 96.5 Å². The van der Waals surface area contributed by atoms with E-state index in [9.17, 15) is 39.6 Å². The Morgan fingerprint density at radius 1 is 1.02 bits per heavy atom. The molecular weight excluding hydrogens is 648 g/mol. The molecule has 2 aliphatic heterocycles. The zero-order valence-corrected chi connectivity index (χ0v) is 29.3. The third kappa shape index (κ3) is 6.19. The SMILES string of the molecule is COc1cccc2c1C(=O)c1c(O)c3c(c(O)c1C2=O)C[C@@](O)(C(C)=O)C[C@@H]3O[C@H]1CC(N2CCN(C(=O)CC(C)(C)C)CC2)C(O)[C@H](C)O1. The Kier molecular flexibility index (Phi) is 9.36. The van der Waals surface area contributed by atoms with E-state index in [-0.39, 0.29) is 52.2 Å². The van der Waals surface area contributed by atoms with E-state index >= 15 is 0 Å². The van der Waals surface area contributed by atoms with Crippen LogP contribution < -0.4 is 4.74 Å². The third-order valence-electron chi connectivity index (χ3n) is 10.5. The van der Waals surface area contributed by atoms with Crippen molar-refractivity contribution in [2.24, 2.45) is 5.41 Å². The fraction of sp³-hybridized carbons (Fsp3) is 0.568. The predicted molar refractivity (Wildman–Crippen MR) is 178 cm³/mol. The number of aliphatic hydroxyl groups excluding tert-OH is 1. The molecule has 0 saturated carbocycles. The molecule has 270 valence electrons. The number of Topliss-reactive ketones (excluding diaryl/α,β-unsaturated/α-hetero) is 1. The van der Waals surface area contributed by atoms with Gasteiger partial charge in [0.15, 0.2) is 17.9 Å². The molecule has 4 aliphatic rings. The summed E-state index contributed by atoms with van der Waals surface area (Å²) in [7, 11) is 1.35. The molecule has 2 aromatic rings. The van der Waals surface area contributed by atoms with Gasteiger partial charge >= 0.3 is 0 Å². The molecule has 4 N–H and O–H groups in total. The van der Waals surface area contributed by atoms with Gasteiger partial charge in [-0.25, -0.2) is 0 Å². The topological polar surface area (TPSA) is 183 Å². The first-order chi connectivity index (χ1) is 23.5. The Bertz CT molecular complexity index is 1740. The summed E-state index contributed by atoms with van der Waals surface area (Å²) in [5.74, 6) is -3.10. The van der Waals surface area contributed by atoms with Gasteiger partial charge in [0.25, 0.3) is 0 Å². The lowest BCUT2D eigenvalue weighted by atomic mass is 9.72. The van der Waals surface area contributed by atoms with Crippen LogP contribution in [-0.2, 0) is 25.5 Å². The lowest BCUT2D eigenvalue weighted by molar-refractivity contribution is -0.259. The second kappa shape index (κ2) is 13.0. The van der Waals surface area contributed by atoms with E-state index in [4.69, 9.17) is 14.2 Å². The molecule has 1 amide bonds. The Morgan fingerprint density at radius 3 is 2.30 bits per heavy atom. The van der Waals surface area contributed by atoms with Gasteiger partial charge in [-0.3, -0.25) is 24.1 Å². The van der Waals surface area contributed by atoms with E-state index in [2.05, 4.69) is 4.90 Å². The van der Waals surface area contributed by atoms with Crippen molar-refractivity contribution in [2.75, 3.05) is 33.3 Å². The van der Waals surface area contributed by atoms with Crippen molar-refractivity contribution in [3.63, 3.8) is 0 Å². The van der Waals surface area contributed by atoms with Crippen LogP contribution in [0.3, 0.4) is 0 Å². The molecule has 2 aliphatic carbocycles. The molecule has 13 nitrogen and oxygen atoms in total. The van der Waals surface area contributed by atoms with Gasteiger partial charge in [0, 0.05) is 74.6 Å². The van der Waals surface area contributed by atoms with Crippen LogP contribution in [0.15, 0.2) is 18.2 Å². The van der Waals surface area contributed by atoms with E-state index in [1.807, 2.05) is 25.7 Å². The van der Waals surface area contributed by atoms with Crippen LogP contribution in [0, 0.1) is 5.41 Å². The van der Waals surface area contributed by atoms with Gasteiger partial charge in [-0.2, -0.15) is 0 Å². The van der Waals surface area contributed by atoms with Crippen LogP contribution >= 0.6 is 0 Å². The van der Waals surface area contributed by atoms with Crippen molar-refractivity contribution in [3.8, 4) is 17.2 Å². The highest BCUT2D eigenvalue weighted by atomic mass is 16.7. The molecule has 6 atom stereocenters. The number of hydrogen-bond acceptors (Lipinski definition) is 12. The molecule has 50 heavy (non-hydrogen) atoms. The lowest BCUT2D eigenvalue weighted by Gasteiger charge is -2.47. The molecule has 6 rings (SSSR count). The summed E-state index contributed by atoms with van der Waals surface area (Å²) < 4.78 is 17.8. The number of ketones is 3. The quantitative estimate of drug-likeness (QED) is 0.277. The number of carbonyl (C=O) groups excluding carboxylic acids is 4. The predicted octanol–water partition coefficient (Wildman–Crippen LogP) is 2.65. The summed E-state index contributed by atoms with van der Waals surface area (Å²) in [6, 6.07) is 4.04. The highest BCUT2D eigenvalue weighted by Gasteiger charge is 2.50. The van der Waals surface area contributed by atoms with Gasteiger partial charge in [-0.15, -0.1) is 0 Å². The first-order valence-corrected chi connectivity index (χ1v) is 17.1. The van der Waals surface area contributed by atoms with Crippen LogP contribution in [-0.4, -0.2) is 117 Å². The molecule has 0 spiro atoms. The number of methoxy groups -OCH3 is 1. The van der Waals surface area contributed by atoms with Crippen LogP contribution in [0.5, 0.6) is 17.2 Å². The summed E-state index contributed by atoms with van der Waals surface area (Å²) in [4.78, 5) is 57.3. The highest BCUT2D eigenvalue weighted by molar-refractivity contribution is 6.31. The molecule has 13 heteroatoms. The maximum Gasteiger partial charge on any atom is 0.223 e. The Hall–Kier alpha value is -3.88. The second-order valence-electron chi connectivity index (χ2n) is 15.2. The van der Waals surface area contributed by atoms with Gasteiger partial charge in [-0.05, 0) is 25.3 Å². The summed E-state index contributed by atoms with van der Waals surface area (Å²) in [6.45, 7) is 11.0. The summed E-state index contributed by atoms with van der Waals surface area (Å²) in [5, 5.41) is 46.1. The molecule has 0 radical (unpaired) electrons. The molecule has 2 saturated heterocycles.